The Kier molecular flexibility index (Phi) is 38.3. The standard InChI is InChI=1S/C45H74NO8P/c1-3-5-7-9-11-13-15-17-19-20-21-22-24-25-27-29-31-33-35-37-44(47)51-41-43(42-53-55(49,50)52-40-39-46)54-45(48)38-36-34-32-30-28-26-23-18-16-14-12-10-8-6-4-2/h6,8,11-14,17-19,21-23,25,27-28,30,43H,3-5,7,9-10,15-16,20,24,26,29,31-42,46H2,1-2H3,(H,49,50)/b8-6+,13-11+,14-12+,19-17+,22-21+,23-18+,27-25+,30-28+/t43-/m1/s1. The smallest absolute Gasteiger partial charge is 0.462 e. The second-order valence-electron chi connectivity index (χ2n) is 13.1. The van der Waals surface area contributed by atoms with Crippen molar-refractivity contribution in [2.75, 3.05) is 26.4 Å². The first-order valence-corrected chi connectivity index (χ1v) is 22.2. The van der Waals surface area contributed by atoms with Gasteiger partial charge in [-0.25, -0.2) is 4.57 Å². The van der Waals surface area contributed by atoms with Crippen molar-refractivity contribution in [1.29, 1.82) is 0 Å². The van der Waals surface area contributed by atoms with Crippen LogP contribution >= 0.6 is 7.82 Å². The first-order valence-electron chi connectivity index (χ1n) is 20.7. The number of phosphoric ester groups is 1. The van der Waals surface area contributed by atoms with Crippen LogP contribution in [-0.4, -0.2) is 49.3 Å². The topological polar surface area (TPSA) is 134 Å². The Morgan fingerprint density at radius 1 is 0.564 bits per heavy atom. The van der Waals surface area contributed by atoms with Gasteiger partial charge in [0.2, 0.25) is 0 Å². The van der Waals surface area contributed by atoms with Crippen LogP contribution in [0.3, 0.4) is 0 Å². The van der Waals surface area contributed by atoms with E-state index in [-0.39, 0.29) is 32.6 Å². The van der Waals surface area contributed by atoms with Gasteiger partial charge in [-0.05, 0) is 96.3 Å². The van der Waals surface area contributed by atoms with Crippen molar-refractivity contribution >= 4 is 19.8 Å². The number of esters is 2. The third-order valence-corrected chi connectivity index (χ3v) is 8.94. The van der Waals surface area contributed by atoms with E-state index in [1.807, 2.05) is 0 Å². The number of unbranched alkanes of at least 4 members (excludes halogenated alkanes) is 8. The molecule has 0 amide bonds. The first kappa shape index (κ1) is 51.9. The summed E-state index contributed by atoms with van der Waals surface area (Å²) in [6.07, 6.45) is 51.5. The number of carbonyl (C=O) groups is 2. The van der Waals surface area contributed by atoms with E-state index < -0.39 is 32.5 Å². The molecule has 0 radical (unpaired) electrons. The number of nitrogens with two attached hydrogens (primary N) is 1. The predicted octanol–water partition coefficient (Wildman–Crippen LogP) is 11.8. The third kappa shape index (κ3) is 40.4. The highest BCUT2D eigenvalue weighted by Gasteiger charge is 2.25. The van der Waals surface area contributed by atoms with Crippen molar-refractivity contribution in [2.24, 2.45) is 5.73 Å². The zero-order valence-corrected chi connectivity index (χ0v) is 35.0. The van der Waals surface area contributed by atoms with E-state index in [1.54, 1.807) is 0 Å². The maximum absolute atomic E-state index is 12.5. The van der Waals surface area contributed by atoms with Crippen molar-refractivity contribution in [1.82, 2.24) is 0 Å². The van der Waals surface area contributed by atoms with Gasteiger partial charge in [-0.3, -0.25) is 18.6 Å². The van der Waals surface area contributed by atoms with Gasteiger partial charge in [0.15, 0.2) is 6.10 Å². The summed E-state index contributed by atoms with van der Waals surface area (Å²) in [5, 5.41) is 0. The Morgan fingerprint density at radius 2 is 1.00 bits per heavy atom. The van der Waals surface area contributed by atoms with E-state index in [0.717, 1.165) is 77.0 Å². The summed E-state index contributed by atoms with van der Waals surface area (Å²) in [4.78, 5) is 34.8. The summed E-state index contributed by atoms with van der Waals surface area (Å²) in [6.45, 7) is 3.47. The van der Waals surface area contributed by atoms with Crippen molar-refractivity contribution in [3.63, 3.8) is 0 Å². The maximum atomic E-state index is 12.5. The first-order chi connectivity index (χ1) is 26.8. The van der Waals surface area contributed by atoms with Gasteiger partial charge >= 0.3 is 19.8 Å². The van der Waals surface area contributed by atoms with Crippen LogP contribution in [0.15, 0.2) is 97.2 Å². The Morgan fingerprint density at radius 3 is 1.49 bits per heavy atom. The van der Waals surface area contributed by atoms with E-state index in [0.29, 0.717) is 12.8 Å². The molecule has 55 heavy (non-hydrogen) atoms. The number of allylic oxidation sites excluding steroid dienone is 16. The molecule has 312 valence electrons. The number of ether oxygens (including phenoxy) is 2. The summed E-state index contributed by atoms with van der Waals surface area (Å²) in [5.74, 6) is -0.925. The van der Waals surface area contributed by atoms with Gasteiger partial charge in [-0.15, -0.1) is 0 Å². The summed E-state index contributed by atoms with van der Waals surface area (Å²) in [6, 6.07) is 0. The molecule has 0 aromatic carbocycles. The molecule has 0 saturated carbocycles. The molecule has 0 fully saturated rings. The second kappa shape index (κ2) is 40.6. The molecule has 2 atom stereocenters. The molecule has 0 bridgehead atoms. The number of rotatable bonds is 37. The Balaban J connectivity index is 4.33. The fourth-order valence-electron chi connectivity index (χ4n) is 4.90. The minimum absolute atomic E-state index is 0.0361. The molecule has 0 aliphatic carbocycles. The van der Waals surface area contributed by atoms with E-state index in [4.69, 9.17) is 24.3 Å². The van der Waals surface area contributed by atoms with Crippen LogP contribution in [-0.2, 0) is 32.7 Å². The molecular formula is C45H74NO8P. The van der Waals surface area contributed by atoms with Crippen LogP contribution in [0.1, 0.15) is 142 Å². The fraction of sp³-hybridized carbons (Fsp3) is 0.600. The molecule has 0 heterocycles. The summed E-state index contributed by atoms with van der Waals surface area (Å²) >= 11 is 0. The van der Waals surface area contributed by atoms with E-state index >= 15 is 0 Å². The normalized spacial score (nSPS) is 14.3. The number of phosphoric acid groups is 1. The average molecular weight is 788 g/mol. The highest BCUT2D eigenvalue weighted by molar-refractivity contribution is 7.47. The van der Waals surface area contributed by atoms with Crippen molar-refractivity contribution in [3.05, 3.63) is 97.2 Å². The van der Waals surface area contributed by atoms with E-state index in [1.165, 1.54) is 25.7 Å². The molecule has 0 spiro atoms. The van der Waals surface area contributed by atoms with E-state index in [9.17, 15) is 19.0 Å². The summed E-state index contributed by atoms with van der Waals surface area (Å²) in [5.41, 5.74) is 5.33. The average Bonchev–Trinajstić information content (AvgIpc) is 3.17. The summed E-state index contributed by atoms with van der Waals surface area (Å²) in [7, 11) is -4.40. The van der Waals surface area contributed by atoms with E-state index in [2.05, 4.69) is 111 Å². The van der Waals surface area contributed by atoms with Crippen LogP contribution in [0.5, 0.6) is 0 Å². The lowest BCUT2D eigenvalue weighted by atomic mass is 10.1. The molecule has 3 N–H and O–H groups in total. The SMILES string of the molecule is CC/C=C/C/C=C/C/C=C/C/C=C/CCCCC(=O)O[C@H](COC(=O)CCCCC/C=C/C/C=C/C/C=C/C/C=C/CCCCC)COP(=O)(O)OCCN. The molecule has 0 aromatic rings. The monoisotopic (exact) mass is 788 g/mol. The maximum Gasteiger partial charge on any atom is 0.472 e. The van der Waals surface area contributed by atoms with Crippen LogP contribution in [0, 0.1) is 0 Å². The second-order valence-corrected chi connectivity index (χ2v) is 14.6. The van der Waals surface area contributed by atoms with Gasteiger partial charge in [-0.2, -0.15) is 0 Å². The zero-order chi connectivity index (χ0) is 40.3. The Labute approximate surface area is 334 Å². The van der Waals surface area contributed by atoms with Crippen LogP contribution in [0.4, 0.5) is 0 Å². The molecular weight excluding hydrogens is 713 g/mol. The van der Waals surface area contributed by atoms with Gasteiger partial charge in [0, 0.05) is 19.4 Å². The Hall–Kier alpha value is -3.07. The van der Waals surface area contributed by atoms with Gasteiger partial charge in [0.05, 0.1) is 13.2 Å². The third-order valence-electron chi connectivity index (χ3n) is 7.95. The molecule has 0 aromatic heterocycles. The lowest BCUT2D eigenvalue weighted by Gasteiger charge is -2.19. The number of carbonyl (C=O) groups excluding carboxylic acids is 2. The lowest BCUT2D eigenvalue weighted by Crippen LogP contribution is -2.29. The van der Waals surface area contributed by atoms with Gasteiger partial charge in [0.1, 0.15) is 6.61 Å². The lowest BCUT2D eigenvalue weighted by molar-refractivity contribution is -0.161. The largest absolute Gasteiger partial charge is 0.472 e. The van der Waals surface area contributed by atoms with Crippen LogP contribution < -0.4 is 5.73 Å². The highest BCUT2D eigenvalue weighted by Crippen LogP contribution is 2.43. The molecule has 0 rings (SSSR count). The summed E-state index contributed by atoms with van der Waals surface area (Å²) < 4.78 is 32.6. The quantitative estimate of drug-likeness (QED) is 0.0273. The number of hydrogen-bond acceptors (Lipinski definition) is 8. The highest BCUT2D eigenvalue weighted by atomic mass is 31.2. The predicted molar refractivity (Wildman–Crippen MR) is 228 cm³/mol. The van der Waals surface area contributed by atoms with Crippen LogP contribution in [0.25, 0.3) is 0 Å². The molecule has 0 saturated heterocycles. The Bertz CT molecular complexity index is 1220. The van der Waals surface area contributed by atoms with Gasteiger partial charge < -0.3 is 20.1 Å². The minimum atomic E-state index is -4.40. The van der Waals surface area contributed by atoms with Crippen LogP contribution in [0.2, 0.25) is 0 Å². The zero-order valence-electron chi connectivity index (χ0n) is 34.1. The number of hydrogen-bond donors (Lipinski definition) is 2. The molecule has 0 aliphatic heterocycles. The fourth-order valence-corrected chi connectivity index (χ4v) is 5.67. The molecule has 1 unspecified atom stereocenters. The van der Waals surface area contributed by atoms with Gasteiger partial charge in [-0.1, -0.05) is 130 Å². The van der Waals surface area contributed by atoms with Crippen molar-refractivity contribution < 1.29 is 37.6 Å². The molecule has 10 heteroatoms. The molecule has 9 nitrogen and oxygen atoms in total. The van der Waals surface area contributed by atoms with Crippen molar-refractivity contribution in [3.8, 4) is 0 Å². The van der Waals surface area contributed by atoms with Gasteiger partial charge in [0.25, 0.3) is 0 Å². The van der Waals surface area contributed by atoms with Crippen molar-refractivity contribution in [2.45, 2.75) is 148 Å². The molecule has 0 aliphatic rings. The minimum Gasteiger partial charge on any atom is -0.462 e.